The number of hydrogen-bond acceptors (Lipinski definition) is 5. The lowest BCUT2D eigenvalue weighted by Gasteiger charge is -2.35. The van der Waals surface area contributed by atoms with E-state index >= 15 is 0 Å². The number of carbonyl (C=O) groups excluding carboxylic acids is 1. The summed E-state index contributed by atoms with van der Waals surface area (Å²) in [7, 11) is 0. The summed E-state index contributed by atoms with van der Waals surface area (Å²) in [5, 5.41) is 18.6. The van der Waals surface area contributed by atoms with Crippen LogP contribution < -0.4 is 5.32 Å². The van der Waals surface area contributed by atoms with Crippen molar-refractivity contribution in [3.63, 3.8) is 0 Å². The van der Waals surface area contributed by atoms with Gasteiger partial charge in [-0.3, -0.25) is 20.6 Å². The summed E-state index contributed by atoms with van der Waals surface area (Å²) in [6, 6.07) is 5.28. The van der Waals surface area contributed by atoms with Gasteiger partial charge in [-0.05, 0) is 43.9 Å². The van der Waals surface area contributed by atoms with Crippen LogP contribution in [0.2, 0.25) is 0 Å². The summed E-state index contributed by atoms with van der Waals surface area (Å²) in [6.45, 7) is 5.60. The van der Waals surface area contributed by atoms with Gasteiger partial charge in [-0.2, -0.15) is 0 Å². The number of rotatable bonds is 9. The molecule has 1 heterocycles. The zero-order valence-electron chi connectivity index (χ0n) is 15.6. The molecule has 0 saturated heterocycles. The molecule has 7 nitrogen and oxygen atoms in total. The van der Waals surface area contributed by atoms with Gasteiger partial charge in [0.15, 0.2) is 5.84 Å². The highest BCUT2D eigenvalue weighted by Gasteiger charge is 2.26. The molecule has 0 atom stereocenters. The molecule has 0 aromatic carbocycles. The van der Waals surface area contributed by atoms with Gasteiger partial charge in [-0.25, -0.2) is 4.98 Å². The second-order valence-corrected chi connectivity index (χ2v) is 6.22. The second kappa shape index (κ2) is 10.2. The molecule has 1 amide bonds. The van der Waals surface area contributed by atoms with Crippen LogP contribution in [-0.2, 0) is 4.79 Å². The van der Waals surface area contributed by atoms with Crippen molar-refractivity contribution in [3.8, 4) is 0 Å². The minimum absolute atomic E-state index is 0.161. The van der Waals surface area contributed by atoms with E-state index in [0.717, 1.165) is 32.1 Å². The number of nitrogens with zero attached hydrogens (tertiary/aromatic N) is 3. The van der Waals surface area contributed by atoms with Crippen LogP contribution in [-0.4, -0.2) is 39.7 Å². The Hall–Kier alpha value is -3.09. The van der Waals surface area contributed by atoms with Crippen molar-refractivity contribution in [3.05, 3.63) is 48.8 Å². The molecule has 1 fully saturated rings. The highest BCUT2D eigenvalue weighted by molar-refractivity contribution is 6.47. The van der Waals surface area contributed by atoms with E-state index in [1.54, 1.807) is 29.2 Å². The first-order valence-corrected chi connectivity index (χ1v) is 9.12. The predicted octanol–water partition coefficient (Wildman–Crippen LogP) is 3.75. The molecule has 142 valence electrons. The van der Waals surface area contributed by atoms with Crippen LogP contribution in [0.15, 0.2) is 48.1 Å². The van der Waals surface area contributed by atoms with Crippen molar-refractivity contribution in [2.24, 2.45) is 4.99 Å². The molecular weight excluding hydrogens is 340 g/mol. The van der Waals surface area contributed by atoms with Crippen LogP contribution >= 0.6 is 0 Å². The van der Waals surface area contributed by atoms with Crippen molar-refractivity contribution in [1.29, 1.82) is 10.8 Å². The molecule has 0 aliphatic heterocycles. The first kappa shape index (κ1) is 20.2. The van der Waals surface area contributed by atoms with E-state index in [-0.39, 0.29) is 23.5 Å². The summed E-state index contributed by atoms with van der Waals surface area (Å²) in [4.78, 5) is 22.4. The van der Waals surface area contributed by atoms with E-state index < -0.39 is 0 Å². The third-order valence-corrected chi connectivity index (χ3v) is 4.29. The van der Waals surface area contributed by atoms with Gasteiger partial charge in [0.2, 0.25) is 0 Å². The molecular formula is C20H26N6O. The van der Waals surface area contributed by atoms with Gasteiger partial charge in [0.25, 0.3) is 5.91 Å². The number of pyridine rings is 1. The quantitative estimate of drug-likeness (QED) is 0.458. The fourth-order valence-corrected chi connectivity index (χ4v) is 2.60. The maximum atomic E-state index is 12.5. The Bertz CT molecular complexity index is 763. The maximum absolute atomic E-state index is 12.5. The van der Waals surface area contributed by atoms with E-state index in [2.05, 4.69) is 28.8 Å². The van der Waals surface area contributed by atoms with Crippen LogP contribution in [0, 0.1) is 10.8 Å². The normalized spacial score (nSPS) is 14.5. The molecule has 2 rings (SSSR count). The van der Waals surface area contributed by atoms with Crippen LogP contribution in [0.4, 0.5) is 5.82 Å². The Morgan fingerprint density at radius 2 is 2.26 bits per heavy atom. The molecule has 7 heteroatoms. The minimum atomic E-state index is -0.388. The van der Waals surface area contributed by atoms with Crippen molar-refractivity contribution in [1.82, 2.24) is 9.88 Å². The minimum Gasteiger partial charge on any atom is -0.313 e. The number of allylic oxidation sites excluding steroid dienone is 1. The summed E-state index contributed by atoms with van der Waals surface area (Å²) in [5.74, 6) is 0.108. The molecule has 0 unspecified atom stereocenters. The number of aromatic nitrogens is 1. The lowest BCUT2D eigenvalue weighted by Crippen LogP contribution is -2.43. The number of nitrogens with one attached hydrogen (secondary N) is 3. The average molecular weight is 366 g/mol. The van der Waals surface area contributed by atoms with Crippen LogP contribution in [0.25, 0.3) is 0 Å². The fourth-order valence-electron chi connectivity index (χ4n) is 2.60. The molecule has 0 bridgehead atoms. The summed E-state index contributed by atoms with van der Waals surface area (Å²) in [5.41, 5.74) is 0.656. The molecule has 1 saturated carbocycles. The predicted molar refractivity (Wildman–Crippen MR) is 110 cm³/mol. The van der Waals surface area contributed by atoms with Gasteiger partial charge in [0.1, 0.15) is 17.2 Å². The third kappa shape index (κ3) is 5.44. The summed E-state index contributed by atoms with van der Waals surface area (Å²) < 4.78 is 0. The third-order valence-electron chi connectivity index (χ3n) is 4.29. The number of aliphatic imine (C=N–C) groups is 1. The Morgan fingerprint density at radius 3 is 2.85 bits per heavy atom. The first-order valence-electron chi connectivity index (χ1n) is 9.12. The molecule has 3 N–H and O–H groups in total. The summed E-state index contributed by atoms with van der Waals surface area (Å²) in [6.07, 6.45) is 11.0. The van der Waals surface area contributed by atoms with Gasteiger partial charge in [-0.1, -0.05) is 32.1 Å². The van der Waals surface area contributed by atoms with Crippen molar-refractivity contribution in [2.45, 2.75) is 45.1 Å². The molecule has 27 heavy (non-hydrogen) atoms. The van der Waals surface area contributed by atoms with Gasteiger partial charge in [0.05, 0.1) is 6.34 Å². The molecule has 1 aromatic heterocycles. The SMILES string of the molecule is C=CN=C(/C=C/CCC)C(=O)Nc1cccc(C(=N)N(C=N)C2CCC2)n1. The van der Waals surface area contributed by atoms with Crippen LogP contribution in [0.1, 0.15) is 44.7 Å². The van der Waals surface area contributed by atoms with E-state index in [1.807, 2.05) is 6.08 Å². The highest BCUT2D eigenvalue weighted by atomic mass is 16.1. The zero-order valence-corrected chi connectivity index (χ0v) is 15.6. The number of hydrogen-bond donors (Lipinski definition) is 3. The van der Waals surface area contributed by atoms with E-state index in [0.29, 0.717) is 11.5 Å². The Balaban J connectivity index is 2.12. The lowest BCUT2D eigenvalue weighted by atomic mass is 9.91. The number of carbonyl (C=O) groups is 1. The Kier molecular flexibility index (Phi) is 7.61. The average Bonchev–Trinajstić information content (AvgIpc) is 2.63. The number of anilines is 1. The van der Waals surface area contributed by atoms with Crippen molar-refractivity contribution in [2.75, 3.05) is 5.32 Å². The Labute approximate surface area is 159 Å². The molecule has 0 radical (unpaired) electrons. The first-order chi connectivity index (χ1) is 13.1. The zero-order chi connectivity index (χ0) is 19.6. The second-order valence-electron chi connectivity index (χ2n) is 6.22. The smallest absolute Gasteiger partial charge is 0.275 e. The van der Waals surface area contributed by atoms with E-state index in [4.69, 9.17) is 10.8 Å². The van der Waals surface area contributed by atoms with Crippen molar-refractivity contribution < 1.29 is 4.79 Å². The lowest BCUT2D eigenvalue weighted by molar-refractivity contribution is -0.110. The topological polar surface area (TPSA) is 105 Å². The van der Waals surface area contributed by atoms with Gasteiger partial charge in [0, 0.05) is 12.2 Å². The number of unbranched alkanes of at least 4 members (excludes halogenated alkanes) is 1. The number of amidine groups is 1. The Morgan fingerprint density at radius 1 is 1.48 bits per heavy atom. The fraction of sp³-hybridized carbons (Fsp3) is 0.350. The molecule has 1 aliphatic carbocycles. The van der Waals surface area contributed by atoms with Gasteiger partial charge < -0.3 is 10.2 Å². The molecule has 1 aliphatic rings. The molecule has 1 aromatic rings. The van der Waals surface area contributed by atoms with Crippen LogP contribution in [0.5, 0.6) is 0 Å². The maximum Gasteiger partial charge on any atom is 0.275 e. The highest BCUT2D eigenvalue weighted by Crippen LogP contribution is 2.25. The largest absolute Gasteiger partial charge is 0.313 e. The van der Waals surface area contributed by atoms with Crippen LogP contribution in [0.3, 0.4) is 0 Å². The van der Waals surface area contributed by atoms with E-state index in [1.165, 1.54) is 12.5 Å². The van der Waals surface area contributed by atoms with Gasteiger partial charge in [-0.15, -0.1) is 0 Å². The monoisotopic (exact) mass is 366 g/mol. The van der Waals surface area contributed by atoms with Crippen molar-refractivity contribution >= 4 is 29.6 Å². The molecule has 0 spiro atoms. The standard InChI is InChI=1S/C20H26N6O/c1-3-5-6-11-17(23-4-2)20(27)25-18-13-8-12-16(24-18)19(22)26(14-21)15-9-7-10-15/h4,6,8,11-15,21-22H,2-3,5,7,9-10H2,1H3,(H,24,25,27)/b11-6+,21-14?,22-19?,23-17?. The summed E-state index contributed by atoms with van der Waals surface area (Å²) >= 11 is 0. The number of amides is 1. The van der Waals surface area contributed by atoms with Gasteiger partial charge >= 0.3 is 0 Å². The van der Waals surface area contributed by atoms with E-state index in [9.17, 15) is 4.79 Å².